The molecule has 2 aliphatic heterocycles. The minimum absolute atomic E-state index is 0.0184. The van der Waals surface area contributed by atoms with Crippen molar-refractivity contribution in [2.45, 2.75) is 438 Å². The molecule has 7 saturated carbocycles. The number of halogens is 12. The summed E-state index contributed by atoms with van der Waals surface area (Å²) in [6.45, 7) is 53.3. The van der Waals surface area contributed by atoms with Crippen molar-refractivity contribution in [1.29, 1.82) is 5.26 Å². The third-order valence-electron chi connectivity index (χ3n) is 29.8. The molecule has 9 rings (SSSR count). The van der Waals surface area contributed by atoms with E-state index in [2.05, 4.69) is 68.4 Å². The van der Waals surface area contributed by atoms with E-state index in [0.29, 0.717) is 36.0 Å². The van der Waals surface area contributed by atoms with E-state index in [1.54, 1.807) is 0 Å². The minimum atomic E-state index is -6.58. The van der Waals surface area contributed by atoms with Gasteiger partial charge >= 0.3 is 72.5 Å². The second-order valence-electron chi connectivity index (χ2n) is 43.5. The largest absolute Gasteiger partial charge is 0.462 e. The Kier molecular flexibility index (Phi) is 37.4. The van der Waals surface area contributed by atoms with Crippen molar-refractivity contribution in [3.05, 3.63) is 0 Å². The fraction of sp³-hybridized carbons (Fsp3) is 0.904. The van der Waals surface area contributed by atoms with Crippen LogP contribution in [0.1, 0.15) is 354 Å². The van der Waals surface area contributed by atoms with Gasteiger partial charge in [0, 0.05) is 29.6 Å². The molecule has 2 heterocycles. The third-order valence-corrected chi connectivity index (χ3v) is 29.8. The Morgan fingerprint density at radius 2 is 0.736 bits per heavy atom. The SMILES string of the molecule is CCC(C)(C)C(=O)OC(C)(C)C1CCC(C)CC1.CCC(C)(C)C(=O)OC1C(=O)OC2CCCC21.CCC(C)(C)C(=O)OC1C2CC3C1OC(=O)C3(C#N)C2.CCC(C)(C)C(=O)OC1CC(C(O)(C(F)(F)F)C(F)(F)F)CC(C(O)(C(F)(F)F)C(F)(F)F)C1.CCC(C)(C)C(=O)OC1CCC(C(C)(C)C)CC1.CCC(C)(C)C(=O)OC1CCC(C(C)(C)C)CC1. The Hall–Kier alpha value is -5.67. The Labute approximate surface area is 735 Å². The van der Waals surface area contributed by atoms with Crippen molar-refractivity contribution in [3.63, 3.8) is 0 Å². The van der Waals surface area contributed by atoms with E-state index >= 15 is 0 Å². The summed E-state index contributed by atoms with van der Waals surface area (Å²) in [5.74, 6) is -6.53. The molecule has 0 aromatic rings. The van der Waals surface area contributed by atoms with Crippen molar-refractivity contribution in [2.75, 3.05) is 0 Å². The summed E-state index contributed by atoms with van der Waals surface area (Å²) in [5, 5.41) is 28.6. The van der Waals surface area contributed by atoms with Crippen LogP contribution in [-0.4, -0.2) is 142 Å². The van der Waals surface area contributed by atoms with Gasteiger partial charge in [-0.2, -0.15) is 57.9 Å². The lowest BCUT2D eigenvalue weighted by Crippen LogP contribution is -2.67. The maximum atomic E-state index is 13.3. The predicted molar refractivity (Wildman–Crippen MR) is 444 cm³/mol. The number of nitriles is 1. The summed E-state index contributed by atoms with van der Waals surface area (Å²) in [6.07, 6.45) is -13.4. The Balaban J connectivity index is 0.000000321. The van der Waals surface area contributed by atoms with Crippen molar-refractivity contribution in [2.24, 2.45) is 102 Å². The van der Waals surface area contributed by atoms with E-state index < -0.39 is 119 Å². The molecule has 2 saturated heterocycles. The smallest absolute Gasteiger partial charge is 0.426 e. The molecule has 724 valence electrons. The van der Waals surface area contributed by atoms with Crippen LogP contribution in [0, 0.1) is 113 Å². The Morgan fingerprint density at radius 1 is 0.408 bits per heavy atom. The van der Waals surface area contributed by atoms with Crippen molar-refractivity contribution >= 4 is 47.8 Å². The summed E-state index contributed by atoms with van der Waals surface area (Å²) < 4.78 is 203. The van der Waals surface area contributed by atoms with Crippen LogP contribution in [0.15, 0.2) is 0 Å². The molecule has 19 nitrogen and oxygen atoms in total. The second-order valence-corrected chi connectivity index (χ2v) is 43.5. The van der Waals surface area contributed by atoms with Gasteiger partial charge in [0.05, 0.1) is 38.6 Å². The number of alkyl halides is 12. The molecule has 0 spiro atoms. The van der Waals surface area contributed by atoms with E-state index in [1.165, 1.54) is 72.1 Å². The molecule has 9 fully saturated rings. The lowest BCUT2D eigenvalue weighted by atomic mass is 9.65. The van der Waals surface area contributed by atoms with Gasteiger partial charge in [0.1, 0.15) is 42.2 Å². The van der Waals surface area contributed by atoms with Crippen LogP contribution in [0.4, 0.5) is 52.7 Å². The van der Waals surface area contributed by atoms with Crippen LogP contribution in [0.2, 0.25) is 0 Å². The van der Waals surface area contributed by atoms with Crippen molar-refractivity contribution in [1.82, 2.24) is 0 Å². The fourth-order valence-electron chi connectivity index (χ4n) is 17.4. The van der Waals surface area contributed by atoms with Crippen molar-refractivity contribution in [3.8, 4) is 6.07 Å². The molecule has 9 aliphatic rings. The molecule has 10 atom stereocenters. The lowest BCUT2D eigenvalue weighted by Gasteiger charge is -2.48. The number of nitrogens with zero attached hydrogens (tertiary/aromatic N) is 1. The molecule has 10 unspecified atom stereocenters. The van der Waals surface area contributed by atoms with Gasteiger partial charge in [0.25, 0.3) is 11.2 Å². The van der Waals surface area contributed by atoms with Crippen LogP contribution >= 0.6 is 0 Å². The Morgan fingerprint density at radius 3 is 1.07 bits per heavy atom. The monoisotopic (exact) mass is 1810 g/mol. The summed E-state index contributed by atoms with van der Waals surface area (Å²) in [7, 11) is 0. The van der Waals surface area contributed by atoms with E-state index in [9.17, 15) is 107 Å². The number of aliphatic hydroxyl groups is 2. The molecular weight excluding hydrogens is 1660 g/mol. The lowest BCUT2D eigenvalue weighted by molar-refractivity contribution is -0.405. The number of esters is 8. The standard InChI is InChI=1S/C18H22F12O4.3C16H30O2.C15H19NO4.C13H20O4/c1-4-12(2,3)11(31)34-10-6-8(13(32,15(19,20)21)16(22,23)24)5-9(7-10)14(33,17(25,26)27)18(28,29)30;2*1-7-16(5,6)14(17)18-13-10-8-12(9-11-13)15(2,3)4;1-7-15(3,4)14(17)18-16(5,6)13-10-8-12(2)9-11-13;1-4-14(2,3)12(17)19-10-8-5-9-11(10)20-13(18)15(9,6-8)7-16;1-4-13(2,3)12(15)17-10-8-6-5-7-9(8)16-11(10)14/h8-10,32-33H,4-7H2,1-3H3;3*12-13H,7-11H2,1-6H3;8-11H,4-6H2,1-3H3;8-10H,4-7H2,1-3H3. The first kappa shape index (κ1) is 112. The molecular formula is C94H151F12NO18. The average molecular weight is 1810 g/mol. The minimum Gasteiger partial charge on any atom is -0.462 e. The maximum Gasteiger partial charge on any atom is 0.426 e. The molecule has 7 aliphatic carbocycles. The average Bonchev–Trinajstić information content (AvgIpc) is 1.57. The summed E-state index contributed by atoms with van der Waals surface area (Å²) in [5.41, 5.74) is -15.5. The molecule has 0 amide bonds. The number of rotatable bonds is 21. The first-order chi connectivity index (χ1) is 56.6. The number of fused-ring (bicyclic) bond motifs is 2. The van der Waals surface area contributed by atoms with Crippen LogP contribution in [0.3, 0.4) is 0 Å². The molecule has 2 bridgehead atoms. The van der Waals surface area contributed by atoms with Crippen LogP contribution in [-0.2, 0) is 76.3 Å². The maximum absolute atomic E-state index is 13.3. The normalized spacial score (nSPS) is 28.8. The van der Waals surface area contributed by atoms with Crippen molar-refractivity contribution < 1.29 is 139 Å². The zero-order chi connectivity index (χ0) is 96.6. The van der Waals surface area contributed by atoms with E-state index in [0.717, 1.165) is 88.4 Å². The quantitative estimate of drug-likeness (QED) is 0.0614. The van der Waals surface area contributed by atoms with Gasteiger partial charge in [-0.1, -0.05) is 103 Å². The van der Waals surface area contributed by atoms with Gasteiger partial charge in [-0.25, -0.2) is 4.79 Å². The highest BCUT2D eigenvalue weighted by molar-refractivity contribution is 5.85. The zero-order valence-corrected chi connectivity index (χ0v) is 79.5. The number of carbonyl (C=O) groups excluding carboxylic acids is 8. The van der Waals surface area contributed by atoms with Gasteiger partial charge in [-0.3, -0.25) is 33.6 Å². The van der Waals surface area contributed by atoms with E-state index in [-0.39, 0.29) is 106 Å². The highest BCUT2D eigenvalue weighted by atomic mass is 19.4. The molecule has 0 aromatic carbocycles. The van der Waals surface area contributed by atoms with Crippen LogP contribution in [0.25, 0.3) is 0 Å². The van der Waals surface area contributed by atoms with Gasteiger partial charge in [-0.05, 0) is 286 Å². The zero-order valence-electron chi connectivity index (χ0n) is 79.5. The number of hydrogen-bond acceptors (Lipinski definition) is 19. The molecule has 125 heavy (non-hydrogen) atoms. The summed E-state index contributed by atoms with van der Waals surface area (Å²) in [6, 6.07) is 2.15. The van der Waals surface area contributed by atoms with E-state index in [1.807, 2.05) is 104 Å². The highest BCUT2D eigenvalue weighted by Gasteiger charge is 2.79. The van der Waals surface area contributed by atoms with E-state index in [4.69, 9.17) is 37.9 Å². The molecule has 0 radical (unpaired) electrons. The fourth-order valence-corrected chi connectivity index (χ4v) is 17.4. The van der Waals surface area contributed by atoms with Gasteiger partial charge in [0.15, 0.2) is 5.41 Å². The first-order valence-electron chi connectivity index (χ1n) is 45.4. The van der Waals surface area contributed by atoms with Crippen LogP contribution < -0.4 is 0 Å². The van der Waals surface area contributed by atoms with Gasteiger partial charge in [-0.15, -0.1) is 0 Å². The van der Waals surface area contributed by atoms with Crippen LogP contribution in [0.5, 0.6) is 0 Å². The number of carbonyl (C=O) groups is 8. The summed E-state index contributed by atoms with van der Waals surface area (Å²) >= 11 is 0. The summed E-state index contributed by atoms with van der Waals surface area (Å²) in [4.78, 5) is 96.2. The predicted octanol–water partition coefficient (Wildman–Crippen LogP) is 23.0. The van der Waals surface area contributed by atoms with Gasteiger partial charge in [0.2, 0.25) is 6.10 Å². The molecule has 2 N–H and O–H groups in total. The molecule has 0 aromatic heterocycles. The Bertz CT molecular complexity index is 3490. The third kappa shape index (κ3) is 27.0. The highest BCUT2D eigenvalue weighted by Crippen LogP contribution is 2.63. The second kappa shape index (κ2) is 41.8. The topological polar surface area (TPSA) is 275 Å². The number of hydrogen-bond donors (Lipinski definition) is 2. The number of ether oxygens (including phenoxy) is 8. The first-order valence-corrected chi connectivity index (χ1v) is 45.4. The molecule has 31 heteroatoms. The van der Waals surface area contributed by atoms with Gasteiger partial charge < -0.3 is 48.1 Å².